The molecule has 1 aliphatic rings. The highest BCUT2D eigenvalue weighted by molar-refractivity contribution is 6.33. The van der Waals surface area contributed by atoms with Crippen LogP contribution in [0, 0.1) is 16.0 Å². The molecule has 8 heteroatoms. The van der Waals surface area contributed by atoms with Gasteiger partial charge in [0.25, 0.3) is 5.69 Å². The van der Waals surface area contributed by atoms with Gasteiger partial charge in [-0.3, -0.25) is 10.1 Å². The topological polar surface area (TPSA) is 104 Å². The Labute approximate surface area is 132 Å². The fourth-order valence-electron chi connectivity index (χ4n) is 2.54. The predicted molar refractivity (Wildman–Crippen MR) is 83.1 cm³/mol. The smallest absolute Gasteiger partial charge is 0.319 e. The number of benzene rings is 1. The Bertz CT molecular complexity index is 567. The first-order valence-corrected chi connectivity index (χ1v) is 7.52. The number of carbonyl (C=O) groups excluding carboxylic acids is 1. The SMILES string of the molecule is O=C(NCC1CCCCC1O)Nc1cc([N+](=O)[O-])ccc1Cl. The summed E-state index contributed by atoms with van der Waals surface area (Å²) < 4.78 is 0. The first kappa shape index (κ1) is 16.5. The molecule has 1 fully saturated rings. The van der Waals surface area contributed by atoms with E-state index in [0.717, 1.165) is 25.7 Å². The van der Waals surface area contributed by atoms with Gasteiger partial charge in [0.05, 0.1) is 21.7 Å². The summed E-state index contributed by atoms with van der Waals surface area (Å²) in [5, 5.41) is 26.0. The highest BCUT2D eigenvalue weighted by atomic mass is 35.5. The molecule has 2 rings (SSSR count). The number of amides is 2. The zero-order valence-corrected chi connectivity index (χ0v) is 12.7. The number of carbonyl (C=O) groups is 1. The Balaban J connectivity index is 1.91. The van der Waals surface area contributed by atoms with Crippen molar-refractivity contribution in [3.05, 3.63) is 33.3 Å². The van der Waals surface area contributed by atoms with Crippen molar-refractivity contribution in [3.63, 3.8) is 0 Å². The van der Waals surface area contributed by atoms with E-state index in [9.17, 15) is 20.0 Å². The molecule has 22 heavy (non-hydrogen) atoms. The Kier molecular flexibility index (Phi) is 5.57. The molecule has 2 atom stereocenters. The van der Waals surface area contributed by atoms with Gasteiger partial charge in [-0.25, -0.2) is 4.79 Å². The molecular formula is C14H18ClN3O4. The molecule has 3 N–H and O–H groups in total. The lowest BCUT2D eigenvalue weighted by molar-refractivity contribution is -0.384. The largest absolute Gasteiger partial charge is 0.393 e. The van der Waals surface area contributed by atoms with Crippen molar-refractivity contribution in [2.75, 3.05) is 11.9 Å². The molecule has 1 aliphatic carbocycles. The summed E-state index contributed by atoms with van der Waals surface area (Å²) in [6, 6.07) is 3.33. The van der Waals surface area contributed by atoms with Crippen LogP contribution < -0.4 is 10.6 Å². The van der Waals surface area contributed by atoms with Crippen LogP contribution in [0.4, 0.5) is 16.2 Å². The molecule has 1 aromatic rings. The van der Waals surface area contributed by atoms with Gasteiger partial charge in [0.15, 0.2) is 0 Å². The maximum Gasteiger partial charge on any atom is 0.319 e. The van der Waals surface area contributed by atoms with Crippen LogP contribution in [-0.2, 0) is 0 Å². The molecule has 0 heterocycles. The first-order chi connectivity index (χ1) is 10.5. The molecule has 120 valence electrons. The Morgan fingerprint density at radius 1 is 1.41 bits per heavy atom. The van der Waals surface area contributed by atoms with Gasteiger partial charge >= 0.3 is 6.03 Å². The van der Waals surface area contributed by atoms with Gasteiger partial charge in [0.1, 0.15) is 0 Å². The number of nitro benzene ring substituents is 1. The third-order valence-electron chi connectivity index (χ3n) is 3.80. The van der Waals surface area contributed by atoms with E-state index in [1.54, 1.807) is 0 Å². The number of anilines is 1. The molecule has 0 spiro atoms. The van der Waals surface area contributed by atoms with Gasteiger partial charge in [0, 0.05) is 24.6 Å². The molecule has 0 bridgehead atoms. The lowest BCUT2D eigenvalue weighted by atomic mass is 9.86. The number of aliphatic hydroxyl groups excluding tert-OH is 1. The molecule has 0 radical (unpaired) electrons. The van der Waals surface area contributed by atoms with E-state index < -0.39 is 17.1 Å². The van der Waals surface area contributed by atoms with E-state index in [2.05, 4.69) is 10.6 Å². The van der Waals surface area contributed by atoms with Gasteiger partial charge in [-0.2, -0.15) is 0 Å². The molecule has 0 aromatic heterocycles. The number of nitro groups is 1. The van der Waals surface area contributed by atoms with Crippen molar-refractivity contribution in [1.29, 1.82) is 0 Å². The second kappa shape index (κ2) is 7.42. The molecule has 2 unspecified atom stereocenters. The molecular weight excluding hydrogens is 310 g/mol. The number of nitrogens with one attached hydrogen (secondary N) is 2. The van der Waals surface area contributed by atoms with E-state index in [1.165, 1.54) is 18.2 Å². The van der Waals surface area contributed by atoms with Crippen molar-refractivity contribution in [3.8, 4) is 0 Å². The number of hydrogen-bond donors (Lipinski definition) is 3. The lowest BCUT2D eigenvalue weighted by Crippen LogP contribution is -2.38. The maximum absolute atomic E-state index is 11.9. The van der Waals surface area contributed by atoms with Gasteiger partial charge < -0.3 is 15.7 Å². The summed E-state index contributed by atoms with van der Waals surface area (Å²) in [5.41, 5.74) is 0.0277. The second-order valence-corrected chi connectivity index (χ2v) is 5.78. The molecule has 0 saturated heterocycles. The summed E-state index contributed by atoms with van der Waals surface area (Å²) in [4.78, 5) is 22.0. The summed E-state index contributed by atoms with van der Waals surface area (Å²) in [5.74, 6) is 0.0417. The number of aliphatic hydroxyl groups is 1. The minimum atomic E-state index is -0.558. The van der Waals surface area contributed by atoms with E-state index in [1.807, 2.05) is 0 Å². The normalized spacial score (nSPS) is 21.2. The summed E-state index contributed by atoms with van der Waals surface area (Å²) >= 11 is 5.91. The van der Waals surface area contributed by atoms with Crippen LogP contribution in [0.25, 0.3) is 0 Å². The zero-order chi connectivity index (χ0) is 16.1. The van der Waals surface area contributed by atoms with Crippen LogP contribution in [0.1, 0.15) is 25.7 Å². The molecule has 0 aliphatic heterocycles. The van der Waals surface area contributed by atoms with Crippen LogP contribution >= 0.6 is 11.6 Å². The van der Waals surface area contributed by atoms with E-state index in [0.29, 0.717) is 6.54 Å². The molecule has 2 amide bonds. The predicted octanol–water partition coefficient (Wildman–Crippen LogP) is 2.92. The van der Waals surface area contributed by atoms with Gasteiger partial charge in [0.2, 0.25) is 0 Å². The van der Waals surface area contributed by atoms with Crippen LogP contribution in [0.3, 0.4) is 0 Å². The third kappa shape index (κ3) is 4.32. The van der Waals surface area contributed by atoms with Gasteiger partial charge in [-0.05, 0) is 18.9 Å². The fraction of sp³-hybridized carbons (Fsp3) is 0.500. The minimum Gasteiger partial charge on any atom is -0.393 e. The first-order valence-electron chi connectivity index (χ1n) is 7.14. The van der Waals surface area contributed by atoms with Crippen LogP contribution in [0.5, 0.6) is 0 Å². The van der Waals surface area contributed by atoms with E-state index >= 15 is 0 Å². The zero-order valence-electron chi connectivity index (χ0n) is 11.9. The summed E-state index contributed by atoms with van der Waals surface area (Å²) in [6.07, 6.45) is 3.29. The van der Waals surface area contributed by atoms with E-state index in [4.69, 9.17) is 11.6 Å². The lowest BCUT2D eigenvalue weighted by Gasteiger charge is -2.27. The maximum atomic E-state index is 11.9. The average molecular weight is 328 g/mol. The highest BCUT2D eigenvalue weighted by Crippen LogP contribution is 2.27. The number of hydrogen-bond acceptors (Lipinski definition) is 4. The van der Waals surface area contributed by atoms with Crippen LogP contribution in [0.15, 0.2) is 18.2 Å². The quantitative estimate of drug-likeness (QED) is 0.584. The van der Waals surface area contributed by atoms with Crippen LogP contribution in [-0.4, -0.2) is 28.7 Å². The van der Waals surface area contributed by atoms with Crippen LogP contribution in [0.2, 0.25) is 5.02 Å². The number of non-ortho nitro benzene ring substituents is 1. The van der Waals surface area contributed by atoms with Crippen molar-refractivity contribution in [2.45, 2.75) is 31.8 Å². The summed E-state index contributed by atoms with van der Waals surface area (Å²) in [6.45, 7) is 0.361. The Morgan fingerprint density at radius 3 is 2.82 bits per heavy atom. The van der Waals surface area contributed by atoms with Crippen molar-refractivity contribution in [2.24, 2.45) is 5.92 Å². The Hall–Kier alpha value is -1.86. The van der Waals surface area contributed by atoms with Crippen molar-refractivity contribution < 1.29 is 14.8 Å². The van der Waals surface area contributed by atoms with E-state index in [-0.39, 0.29) is 22.3 Å². The Morgan fingerprint density at radius 2 is 2.14 bits per heavy atom. The summed E-state index contributed by atoms with van der Waals surface area (Å²) in [7, 11) is 0. The molecule has 1 saturated carbocycles. The second-order valence-electron chi connectivity index (χ2n) is 5.37. The average Bonchev–Trinajstić information content (AvgIpc) is 2.48. The molecule has 1 aromatic carbocycles. The highest BCUT2D eigenvalue weighted by Gasteiger charge is 2.23. The number of urea groups is 1. The number of nitrogens with zero attached hydrogens (tertiary/aromatic N) is 1. The van der Waals surface area contributed by atoms with Gasteiger partial charge in [-0.1, -0.05) is 24.4 Å². The number of rotatable bonds is 4. The minimum absolute atomic E-state index is 0.0417. The standard InChI is InChI=1S/C14H18ClN3O4/c15-11-6-5-10(18(21)22)7-12(11)17-14(20)16-8-9-3-1-2-4-13(9)19/h5-7,9,13,19H,1-4,8H2,(H2,16,17,20). The van der Waals surface area contributed by atoms with Gasteiger partial charge in [-0.15, -0.1) is 0 Å². The molecule has 7 nitrogen and oxygen atoms in total. The fourth-order valence-corrected chi connectivity index (χ4v) is 2.70. The van der Waals surface area contributed by atoms with Crippen molar-refractivity contribution in [1.82, 2.24) is 5.32 Å². The third-order valence-corrected chi connectivity index (χ3v) is 4.13. The van der Waals surface area contributed by atoms with Crippen molar-refractivity contribution >= 4 is 29.0 Å². The number of halogens is 1. The monoisotopic (exact) mass is 327 g/mol.